The van der Waals surface area contributed by atoms with E-state index < -0.39 is 30.6 Å². The normalized spacial score (nSPS) is 20.7. The van der Waals surface area contributed by atoms with Crippen LogP contribution in [0.25, 0.3) is 0 Å². The number of hydrogen-bond donors (Lipinski definition) is 4. The van der Waals surface area contributed by atoms with Crippen molar-refractivity contribution < 1.29 is 24.6 Å². The Morgan fingerprint density at radius 2 is 1.97 bits per heavy atom. The minimum absolute atomic E-state index is 0.0223. The number of rotatable bonds is 13. The average molecular weight is 458 g/mol. The Bertz CT molecular complexity index is 686. The summed E-state index contributed by atoms with van der Waals surface area (Å²) in [6.07, 6.45) is 5.12. The van der Waals surface area contributed by atoms with E-state index in [1.165, 1.54) is 4.90 Å². The van der Waals surface area contributed by atoms with Crippen molar-refractivity contribution >= 4 is 40.9 Å². The maximum absolute atomic E-state index is 13.0. The van der Waals surface area contributed by atoms with E-state index in [1.54, 1.807) is 23.1 Å². The van der Waals surface area contributed by atoms with Crippen LogP contribution in [0.1, 0.15) is 48.7 Å². The Balaban J connectivity index is 2.00. The molecule has 3 atom stereocenters. The number of thiophene rings is 1. The monoisotopic (exact) mass is 457 g/mol. The van der Waals surface area contributed by atoms with Gasteiger partial charge in [0.25, 0.3) is 0 Å². The maximum atomic E-state index is 13.0. The molecule has 5 N–H and O–H groups in total. The molecule has 2 heterocycles. The standard InChI is InChI=1S/C20H31N3O5S2/c21-9-5-3-1-2-4-7-14(20(27)28)22-15-13-30-17(16-8-6-10-29-16)11-23(19(15)26)12-18(24)25/h6,8,10,14-15,17,22H,1-5,7,9,11-13,21H2,(H,24,25)(H,27,28)/t14-,15?,17?/m0/s1. The average Bonchev–Trinajstić information content (AvgIpc) is 3.19. The fourth-order valence-corrected chi connectivity index (χ4v) is 5.72. The van der Waals surface area contributed by atoms with Gasteiger partial charge in [-0.3, -0.25) is 19.7 Å². The predicted molar refractivity (Wildman–Crippen MR) is 119 cm³/mol. The van der Waals surface area contributed by atoms with Crippen LogP contribution in [0.15, 0.2) is 17.5 Å². The van der Waals surface area contributed by atoms with Crippen LogP contribution >= 0.6 is 23.1 Å². The first-order valence-corrected chi connectivity index (χ1v) is 12.2. The van der Waals surface area contributed by atoms with Crippen molar-refractivity contribution in [3.05, 3.63) is 22.4 Å². The quantitative estimate of drug-likeness (QED) is 0.331. The smallest absolute Gasteiger partial charge is 0.323 e. The zero-order valence-electron chi connectivity index (χ0n) is 17.0. The summed E-state index contributed by atoms with van der Waals surface area (Å²) in [5.74, 6) is -2.01. The molecule has 30 heavy (non-hydrogen) atoms. The van der Waals surface area contributed by atoms with E-state index in [9.17, 15) is 24.6 Å². The highest BCUT2D eigenvalue weighted by atomic mass is 32.2. The summed E-state index contributed by atoms with van der Waals surface area (Å²) in [5.41, 5.74) is 5.48. The lowest BCUT2D eigenvalue weighted by molar-refractivity contribution is -0.146. The van der Waals surface area contributed by atoms with Gasteiger partial charge in [0.05, 0.1) is 11.3 Å². The summed E-state index contributed by atoms with van der Waals surface area (Å²) in [6.45, 7) is 0.575. The summed E-state index contributed by atoms with van der Waals surface area (Å²) >= 11 is 3.13. The van der Waals surface area contributed by atoms with Gasteiger partial charge < -0.3 is 20.8 Å². The summed E-state index contributed by atoms with van der Waals surface area (Å²) in [4.78, 5) is 38.4. The first-order valence-electron chi connectivity index (χ1n) is 10.3. The Morgan fingerprint density at radius 3 is 2.60 bits per heavy atom. The number of amides is 1. The Morgan fingerprint density at radius 1 is 1.23 bits per heavy atom. The SMILES string of the molecule is NCCCCCCC[C@H](NC1CSC(c2cccs2)CN(CC(=O)O)C1=O)C(=O)O. The molecule has 1 aliphatic heterocycles. The van der Waals surface area contributed by atoms with Crippen LogP contribution in [0.4, 0.5) is 0 Å². The lowest BCUT2D eigenvalue weighted by Crippen LogP contribution is -2.53. The number of carboxylic acid groups (broad SMARTS) is 2. The molecule has 0 aromatic carbocycles. The molecule has 1 fully saturated rings. The summed E-state index contributed by atoms with van der Waals surface area (Å²) in [5, 5.41) is 23.8. The predicted octanol–water partition coefficient (Wildman–Crippen LogP) is 2.16. The van der Waals surface area contributed by atoms with Gasteiger partial charge in [-0.15, -0.1) is 23.1 Å². The van der Waals surface area contributed by atoms with Gasteiger partial charge in [0.2, 0.25) is 5.91 Å². The van der Waals surface area contributed by atoms with Crippen molar-refractivity contribution in [3.63, 3.8) is 0 Å². The molecule has 1 amide bonds. The largest absolute Gasteiger partial charge is 0.480 e. The molecule has 0 spiro atoms. The van der Waals surface area contributed by atoms with Crippen LogP contribution in [0.3, 0.4) is 0 Å². The minimum Gasteiger partial charge on any atom is -0.480 e. The number of unbranched alkanes of at least 4 members (excludes halogenated alkanes) is 4. The first kappa shape index (κ1) is 24.6. The van der Waals surface area contributed by atoms with Gasteiger partial charge in [-0.1, -0.05) is 31.7 Å². The van der Waals surface area contributed by atoms with Crippen molar-refractivity contribution in [2.24, 2.45) is 5.73 Å². The zero-order valence-corrected chi connectivity index (χ0v) is 18.6. The van der Waals surface area contributed by atoms with Crippen LogP contribution in [0.5, 0.6) is 0 Å². The topological polar surface area (TPSA) is 133 Å². The molecule has 0 aliphatic carbocycles. The van der Waals surface area contributed by atoms with Crippen molar-refractivity contribution in [3.8, 4) is 0 Å². The number of nitrogens with two attached hydrogens (primary N) is 1. The second kappa shape index (κ2) is 12.9. The summed E-state index contributed by atoms with van der Waals surface area (Å²) in [6, 6.07) is 2.35. The lowest BCUT2D eigenvalue weighted by atomic mass is 10.1. The highest BCUT2D eigenvalue weighted by Crippen LogP contribution is 2.35. The van der Waals surface area contributed by atoms with E-state index in [1.807, 2.05) is 17.5 Å². The van der Waals surface area contributed by atoms with E-state index in [0.717, 1.165) is 37.0 Å². The van der Waals surface area contributed by atoms with Gasteiger partial charge in [-0.2, -0.15) is 0 Å². The third-order valence-corrected chi connectivity index (χ3v) is 7.51. The third kappa shape index (κ3) is 7.90. The van der Waals surface area contributed by atoms with Gasteiger partial charge in [0.1, 0.15) is 12.6 Å². The molecule has 0 radical (unpaired) electrons. The van der Waals surface area contributed by atoms with Gasteiger partial charge in [-0.25, -0.2) is 0 Å². The maximum Gasteiger partial charge on any atom is 0.323 e. The second-order valence-electron chi connectivity index (χ2n) is 7.41. The third-order valence-electron chi connectivity index (χ3n) is 5.04. The molecule has 0 saturated carbocycles. The molecule has 2 rings (SSSR count). The number of aliphatic carboxylic acids is 2. The molecular weight excluding hydrogens is 426 g/mol. The molecular formula is C20H31N3O5S2. The minimum atomic E-state index is -1.08. The molecule has 1 saturated heterocycles. The van der Waals surface area contributed by atoms with E-state index in [4.69, 9.17) is 5.73 Å². The van der Waals surface area contributed by atoms with E-state index >= 15 is 0 Å². The van der Waals surface area contributed by atoms with Crippen LogP contribution < -0.4 is 11.1 Å². The van der Waals surface area contributed by atoms with Gasteiger partial charge in [0, 0.05) is 17.2 Å². The number of nitrogens with zero attached hydrogens (tertiary/aromatic N) is 1. The highest BCUT2D eigenvalue weighted by molar-refractivity contribution is 7.99. The van der Waals surface area contributed by atoms with Crippen LogP contribution in [0.2, 0.25) is 0 Å². The molecule has 2 unspecified atom stereocenters. The molecule has 0 bridgehead atoms. The second-order valence-corrected chi connectivity index (χ2v) is 9.62. The Hall–Kier alpha value is -1.62. The van der Waals surface area contributed by atoms with Crippen LogP contribution in [-0.2, 0) is 14.4 Å². The van der Waals surface area contributed by atoms with Crippen molar-refractivity contribution in [2.75, 3.05) is 25.4 Å². The van der Waals surface area contributed by atoms with Crippen LogP contribution in [0, 0.1) is 0 Å². The lowest BCUT2D eigenvalue weighted by Gasteiger charge is -2.26. The summed E-state index contributed by atoms with van der Waals surface area (Å²) in [7, 11) is 0. The van der Waals surface area contributed by atoms with Gasteiger partial charge in [-0.05, 0) is 30.8 Å². The number of carboxylic acids is 2. The van der Waals surface area contributed by atoms with E-state index in [-0.39, 0.29) is 11.2 Å². The zero-order chi connectivity index (χ0) is 21.9. The first-order chi connectivity index (χ1) is 14.4. The molecule has 10 heteroatoms. The number of nitrogens with one attached hydrogen (secondary N) is 1. The Labute approximate surface area is 185 Å². The van der Waals surface area contributed by atoms with Gasteiger partial charge in [0.15, 0.2) is 0 Å². The Kier molecular flexibility index (Phi) is 10.6. The molecule has 168 valence electrons. The van der Waals surface area contributed by atoms with Crippen LogP contribution in [-0.4, -0.2) is 70.4 Å². The molecule has 1 aliphatic rings. The fraction of sp³-hybridized carbons (Fsp3) is 0.650. The van der Waals surface area contributed by atoms with Crippen molar-refractivity contribution in [1.29, 1.82) is 0 Å². The van der Waals surface area contributed by atoms with Gasteiger partial charge >= 0.3 is 11.9 Å². The van der Waals surface area contributed by atoms with Crippen molar-refractivity contribution in [1.82, 2.24) is 10.2 Å². The molecule has 1 aromatic rings. The molecule has 1 aromatic heterocycles. The summed E-state index contributed by atoms with van der Waals surface area (Å²) < 4.78 is 0. The van der Waals surface area contributed by atoms with E-state index in [0.29, 0.717) is 25.3 Å². The van der Waals surface area contributed by atoms with Crippen molar-refractivity contribution in [2.45, 2.75) is 55.9 Å². The number of carbonyl (C=O) groups excluding carboxylic acids is 1. The number of thioether (sulfide) groups is 1. The highest BCUT2D eigenvalue weighted by Gasteiger charge is 2.35. The number of hydrogen-bond acceptors (Lipinski definition) is 7. The van der Waals surface area contributed by atoms with E-state index in [2.05, 4.69) is 5.32 Å². The number of carbonyl (C=O) groups is 3. The molecule has 8 nitrogen and oxygen atoms in total. The fourth-order valence-electron chi connectivity index (χ4n) is 3.46.